The van der Waals surface area contributed by atoms with E-state index in [4.69, 9.17) is 9.47 Å². The van der Waals surface area contributed by atoms with E-state index in [1.807, 2.05) is 0 Å². The van der Waals surface area contributed by atoms with E-state index in [1.54, 1.807) is 12.1 Å². The number of halogens is 3. The van der Waals surface area contributed by atoms with Crippen molar-refractivity contribution in [1.29, 1.82) is 0 Å². The van der Waals surface area contributed by atoms with E-state index in [9.17, 15) is 27.9 Å². The van der Waals surface area contributed by atoms with Crippen molar-refractivity contribution in [3.8, 4) is 11.5 Å². The van der Waals surface area contributed by atoms with Crippen molar-refractivity contribution < 1.29 is 37.3 Å². The summed E-state index contributed by atoms with van der Waals surface area (Å²) in [5, 5.41) is 11.7. The summed E-state index contributed by atoms with van der Waals surface area (Å²) < 4.78 is 49.2. The normalized spacial score (nSPS) is 14.0. The second-order valence-electron chi connectivity index (χ2n) is 6.09. The van der Waals surface area contributed by atoms with Crippen molar-refractivity contribution in [3.05, 3.63) is 59.2 Å². The number of carboxylic acids is 1. The Labute approximate surface area is 157 Å². The topological polar surface area (TPSA) is 84.9 Å². The maximum absolute atomic E-state index is 13.0. The van der Waals surface area contributed by atoms with Crippen molar-refractivity contribution in [2.45, 2.75) is 18.6 Å². The maximum Gasteiger partial charge on any atom is 0.419 e. The predicted molar refractivity (Wildman–Crippen MR) is 91.1 cm³/mol. The number of ether oxygens (including phenoxy) is 2. The smallest absolute Gasteiger partial charge is 0.419 e. The zero-order chi connectivity index (χ0) is 20.3. The number of rotatable bonds is 6. The number of amides is 1. The fourth-order valence-corrected chi connectivity index (χ4v) is 2.85. The first kappa shape index (κ1) is 19.5. The highest BCUT2D eigenvalue weighted by Crippen LogP contribution is 2.35. The number of carbonyl (C=O) groups excluding carboxylic acids is 1. The molecule has 1 aliphatic heterocycles. The molecule has 0 aliphatic carbocycles. The first-order valence-electron chi connectivity index (χ1n) is 8.32. The lowest BCUT2D eigenvalue weighted by Crippen LogP contribution is -2.36. The zero-order valence-corrected chi connectivity index (χ0v) is 14.5. The molecule has 1 atom stereocenters. The van der Waals surface area contributed by atoms with Crippen LogP contribution in [0.25, 0.3) is 0 Å². The van der Waals surface area contributed by atoms with Gasteiger partial charge in [0, 0.05) is 6.42 Å². The molecule has 6 nitrogen and oxygen atoms in total. The lowest BCUT2D eigenvalue weighted by molar-refractivity contribution is -0.142. The van der Waals surface area contributed by atoms with Gasteiger partial charge in [0.2, 0.25) is 0 Å². The summed E-state index contributed by atoms with van der Waals surface area (Å²) in [6.45, 7) is -0.264. The Kier molecular flexibility index (Phi) is 5.43. The fourth-order valence-electron chi connectivity index (χ4n) is 2.85. The van der Waals surface area contributed by atoms with E-state index in [-0.39, 0.29) is 0 Å². The highest BCUT2D eigenvalue weighted by molar-refractivity contribution is 5.85. The Balaban J connectivity index is 1.68. The van der Waals surface area contributed by atoms with Crippen LogP contribution in [0.15, 0.2) is 42.5 Å². The van der Waals surface area contributed by atoms with Gasteiger partial charge in [-0.25, -0.2) is 4.79 Å². The fraction of sp³-hybridized carbons (Fsp3) is 0.263. The van der Waals surface area contributed by atoms with Gasteiger partial charge < -0.3 is 19.9 Å². The van der Waals surface area contributed by atoms with E-state index in [0.29, 0.717) is 24.3 Å². The third-order valence-corrected chi connectivity index (χ3v) is 4.15. The Morgan fingerprint density at radius 3 is 2.68 bits per heavy atom. The molecule has 2 aromatic rings. The predicted octanol–water partition coefficient (Wildman–Crippen LogP) is 2.96. The molecule has 0 saturated heterocycles. The molecule has 3 rings (SSSR count). The quantitative estimate of drug-likeness (QED) is 0.786. The molecule has 1 unspecified atom stereocenters. The molecule has 0 saturated carbocycles. The van der Waals surface area contributed by atoms with E-state index in [0.717, 1.165) is 17.7 Å². The van der Waals surface area contributed by atoms with Crippen molar-refractivity contribution in [2.24, 2.45) is 0 Å². The largest absolute Gasteiger partial charge is 0.493 e. The summed E-state index contributed by atoms with van der Waals surface area (Å²) in [7, 11) is 0. The molecule has 0 bridgehead atoms. The van der Waals surface area contributed by atoms with Gasteiger partial charge in [0.1, 0.15) is 11.5 Å². The average Bonchev–Trinajstić information content (AvgIpc) is 3.11. The lowest BCUT2D eigenvalue weighted by Gasteiger charge is -2.17. The Morgan fingerprint density at radius 1 is 1.21 bits per heavy atom. The molecule has 0 radical (unpaired) electrons. The Morgan fingerprint density at radius 2 is 1.96 bits per heavy atom. The van der Waals surface area contributed by atoms with Crippen LogP contribution in [0.4, 0.5) is 13.2 Å². The molecule has 148 valence electrons. The van der Waals surface area contributed by atoms with Gasteiger partial charge in [0.05, 0.1) is 12.2 Å². The van der Waals surface area contributed by atoms with Gasteiger partial charge >= 0.3 is 12.1 Å². The Hall–Kier alpha value is -3.23. The van der Waals surface area contributed by atoms with Gasteiger partial charge in [-0.2, -0.15) is 13.2 Å². The third-order valence-electron chi connectivity index (χ3n) is 4.15. The van der Waals surface area contributed by atoms with E-state index >= 15 is 0 Å². The first-order valence-corrected chi connectivity index (χ1v) is 8.32. The first-order chi connectivity index (χ1) is 13.3. The molecule has 1 aliphatic rings. The summed E-state index contributed by atoms with van der Waals surface area (Å²) in [5.74, 6) is -2.01. The van der Waals surface area contributed by atoms with Crippen LogP contribution in [0, 0.1) is 0 Å². The number of carbonyl (C=O) groups is 2. The SMILES string of the molecule is O=C(COc1ccccc1C(F)(F)F)NC(C(=O)O)c1ccc2c(c1)CCO2. The minimum absolute atomic E-state index is 0.334. The minimum Gasteiger partial charge on any atom is -0.493 e. The van der Waals surface area contributed by atoms with Crippen molar-refractivity contribution in [2.75, 3.05) is 13.2 Å². The zero-order valence-electron chi connectivity index (χ0n) is 14.5. The minimum atomic E-state index is -4.64. The van der Waals surface area contributed by atoms with E-state index in [2.05, 4.69) is 5.32 Å². The number of para-hydroxylation sites is 1. The van der Waals surface area contributed by atoms with E-state index in [1.165, 1.54) is 18.2 Å². The van der Waals surface area contributed by atoms with E-state index < -0.39 is 42.0 Å². The van der Waals surface area contributed by atoms with Crippen LogP contribution in [-0.4, -0.2) is 30.2 Å². The van der Waals surface area contributed by atoms with Crippen LogP contribution in [0.1, 0.15) is 22.7 Å². The summed E-state index contributed by atoms with van der Waals surface area (Å²) in [6.07, 6.45) is -4.01. The summed E-state index contributed by atoms with van der Waals surface area (Å²) in [6, 6.07) is 7.87. The molecule has 2 N–H and O–H groups in total. The number of aliphatic carboxylic acids is 1. The molecule has 0 spiro atoms. The van der Waals surface area contributed by atoms with Crippen LogP contribution in [-0.2, 0) is 22.2 Å². The highest BCUT2D eigenvalue weighted by Gasteiger charge is 2.34. The van der Waals surface area contributed by atoms with Gasteiger partial charge in [-0.3, -0.25) is 4.79 Å². The van der Waals surface area contributed by atoms with Gasteiger partial charge in [-0.05, 0) is 35.4 Å². The van der Waals surface area contributed by atoms with Crippen LogP contribution in [0.3, 0.4) is 0 Å². The van der Waals surface area contributed by atoms with Gasteiger partial charge in [-0.1, -0.05) is 18.2 Å². The molecule has 2 aromatic carbocycles. The van der Waals surface area contributed by atoms with Crippen molar-refractivity contribution >= 4 is 11.9 Å². The summed E-state index contributed by atoms with van der Waals surface area (Å²) >= 11 is 0. The standard InChI is InChI=1S/C19H16F3NO5/c20-19(21,22)13-3-1-2-4-15(13)28-10-16(24)23-17(18(25)26)12-5-6-14-11(9-12)7-8-27-14/h1-6,9,17H,7-8,10H2,(H,23,24)(H,25,26). The molecular weight excluding hydrogens is 379 g/mol. The summed E-state index contributed by atoms with van der Waals surface area (Å²) in [4.78, 5) is 23.7. The highest BCUT2D eigenvalue weighted by atomic mass is 19.4. The van der Waals surface area contributed by atoms with Crippen molar-refractivity contribution in [1.82, 2.24) is 5.32 Å². The Bertz CT molecular complexity index is 897. The molecule has 9 heteroatoms. The van der Waals surface area contributed by atoms with Gasteiger partial charge in [0.25, 0.3) is 5.91 Å². The summed E-state index contributed by atoms with van der Waals surface area (Å²) in [5.41, 5.74) is 0.144. The molecule has 0 fully saturated rings. The molecule has 1 amide bonds. The van der Waals surface area contributed by atoms with Crippen LogP contribution < -0.4 is 14.8 Å². The van der Waals surface area contributed by atoms with Gasteiger partial charge in [-0.15, -0.1) is 0 Å². The van der Waals surface area contributed by atoms with Gasteiger partial charge in [0.15, 0.2) is 12.6 Å². The van der Waals surface area contributed by atoms with Crippen LogP contribution in [0.2, 0.25) is 0 Å². The van der Waals surface area contributed by atoms with Crippen molar-refractivity contribution in [3.63, 3.8) is 0 Å². The molecular formula is C19H16F3NO5. The molecule has 28 heavy (non-hydrogen) atoms. The maximum atomic E-state index is 13.0. The number of hydrogen-bond acceptors (Lipinski definition) is 4. The average molecular weight is 395 g/mol. The lowest BCUT2D eigenvalue weighted by atomic mass is 10.0. The number of alkyl halides is 3. The molecule has 1 heterocycles. The van der Waals surface area contributed by atoms with Crippen LogP contribution in [0.5, 0.6) is 11.5 Å². The third kappa shape index (κ3) is 4.36. The molecule has 0 aromatic heterocycles. The number of carboxylic acid groups (broad SMARTS) is 1. The number of benzene rings is 2. The number of nitrogens with one attached hydrogen (secondary N) is 1. The van der Waals surface area contributed by atoms with Crippen LogP contribution >= 0.6 is 0 Å². The second kappa shape index (κ2) is 7.79. The second-order valence-corrected chi connectivity index (χ2v) is 6.09. The monoisotopic (exact) mass is 395 g/mol. The number of hydrogen-bond donors (Lipinski definition) is 2. The number of fused-ring (bicyclic) bond motifs is 1.